The van der Waals surface area contributed by atoms with Crippen molar-refractivity contribution in [1.29, 1.82) is 0 Å². The summed E-state index contributed by atoms with van der Waals surface area (Å²) in [6.45, 7) is 4.42. The molecule has 0 amide bonds. The third-order valence-corrected chi connectivity index (χ3v) is 4.00. The highest BCUT2D eigenvalue weighted by molar-refractivity contribution is 5.89. The van der Waals surface area contributed by atoms with Crippen LogP contribution in [0.5, 0.6) is 11.5 Å². The first-order chi connectivity index (χ1) is 13.1. The Hall–Kier alpha value is -3.35. The van der Waals surface area contributed by atoms with E-state index in [2.05, 4.69) is 5.10 Å². The minimum Gasteiger partial charge on any atom is -0.462 e. The molecule has 27 heavy (non-hydrogen) atoms. The van der Waals surface area contributed by atoms with Gasteiger partial charge in [0.15, 0.2) is 5.75 Å². The van der Waals surface area contributed by atoms with Gasteiger partial charge in [-0.3, -0.25) is 9.48 Å². The molecule has 1 aromatic carbocycles. The number of carbonyl (C=O) groups is 1. The lowest BCUT2D eigenvalue weighted by atomic mass is 10.2. The summed E-state index contributed by atoms with van der Waals surface area (Å²) in [5.74, 6) is -0.0815. The van der Waals surface area contributed by atoms with Gasteiger partial charge in [-0.05, 0) is 32.0 Å². The normalized spacial score (nSPS) is 11.8. The van der Waals surface area contributed by atoms with E-state index < -0.39 is 11.4 Å². The van der Waals surface area contributed by atoms with Crippen LogP contribution in [-0.2, 0) is 11.3 Å². The van der Waals surface area contributed by atoms with Crippen molar-refractivity contribution < 1.29 is 14.3 Å². The fraction of sp³-hybridized carbons (Fsp3) is 0.250. The summed E-state index contributed by atoms with van der Waals surface area (Å²) >= 11 is 0. The lowest BCUT2D eigenvalue weighted by Crippen LogP contribution is -2.23. The molecule has 0 N–H and O–H groups in total. The van der Waals surface area contributed by atoms with E-state index in [1.54, 1.807) is 40.7 Å². The molecule has 0 aliphatic rings. The number of pyridine rings is 1. The molecule has 0 saturated heterocycles. The molecule has 0 unspecified atom stereocenters. The lowest BCUT2D eigenvalue weighted by Gasteiger charge is -2.18. The molecule has 7 nitrogen and oxygen atoms in total. The number of para-hydroxylation sites is 1. The number of rotatable bonds is 7. The van der Waals surface area contributed by atoms with E-state index in [4.69, 9.17) is 9.47 Å². The van der Waals surface area contributed by atoms with Gasteiger partial charge >= 0.3 is 5.97 Å². The molecule has 0 radical (unpaired) electrons. The quantitative estimate of drug-likeness (QED) is 0.599. The Morgan fingerprint density at radius 1 is 1.19 bits per heavy atom. The smallest absolute Gasteiger partial charge is 0.343 e. The van der Waals surface area contributed by atoms with Crippen molar-refractivity contribution in [2.24, 2.45) is 0 Å². The highest BCUT2D eigenvalue weighted by Gasteiger charge is 2.19. The number of esters is 1. The fourth-order valence-electron chi connectivity index (χ4n) is 2.64. The van der Waals surface area contributed by atoms with Gasteiger partial charge in [0, 0.05) is 18.6 Å². The molecule has 1 atom stereocenters. The number of hydrogen-bond donors (Lipinski definition) is 0. The molecular weight excluding hydrogens is 346 g/mol. The topological polar surface area (TPSA) is 75.3 Å². The van der Waals surface area contributed by atoms with Gasteiger partial charge in [-0.1, -0.05) is 18.2 Å². The van der Waals surface area contributed by atoms with Gasteiger partial charge < -0.3 is 14.0 Å². The second-order valence-electron chi connectivity index (χ2n) is 6.03. The summed E-state index contributed by atoms with van der Waals surface area (Å²) in [6, 6.07) is 10.7. The van der Waals surface area contributed by atoms with Crippen LogP contribution in [0.4, 0.5) is 0 Å². The number of nitrogens with zero attached hydrogens (tertiary/aromatic N) is 3. The van der Waals surface area contributed by atoms with E-state index >= 15 is 0 Å². The molecule has 0 aliphatic carbocycles. The molecule has 0 fully saturated rings. The zero-order valence-electron chi connectivity index (χ0n) is 15.2. The molecule has 0 spiro atoms. The van der Waals surface area contributed by atoms with E-state index in [-0.39, 0.29) is 24.0 Å². The van der Waals surface area contributed by atoms with Crippen LogP contribution in [-0.4, -0.2) is 26.9 Å². The van der Waals surface area contributed by atoms with Gasteiger partial charge in [0.1, 0.15) is 11.3 Å². The molecular formula is C20H21N3O4. The van der Waals surface area contributed by atoms with Crippen LogP contribution in [0, 0.1) is 0 Å². The second kappa shape index (κ2) is 8.35. The van der Waals surface area contributed by atoms with Crippen molar-refractivity contribution in [1.82, 2.24) is 14.3 Å². The van der Waals surface area contributed by atoms with Crippen molar-refractivity contribution in [3.63, 3.8) is 0 Å². The van der Waals surface area contributed by atoms with Crippen LogP contribution in [0.15, 0.2) is 66.0 Å². The monoisotopic (exact) mass is 367 g/mol. The summed E-state index contributed by atoms with van der Waals surface area (Å²) in [7, 11) is 0. The first-order valence-corrected chi connectivity index (χ1v) is 8.71. The summed E-state index contributed by atoms with van der Waals surface area (Å²) in [5, 5.41) is 4.20. The van der Waals surface area contributed by atoms with Crippen molar-refractivity contribution in [3.05, 3.63) is 77.0 Å². The minimum atomic E-state index is -0.666. The maximum atomic E-state index is 12.7. The summed E-state index contributed by atoms with van der Waals surface area (Å²) in [4.78, 5) is 25.0. The SMILES string of the molecule is CCOC(=O)c1cn([C@H](C)Cn2cccn2)cc(Oc2ccccc2)c1=O. The highest BCUT2D eigenvalue weighted by Crippen LogP contribution is 2.20. The molecule has 2 heterocycles. The average molecular weight is 367 g/mol. The van der Waals surface area contributed by atoms with E-state index in [1.807, 2.05) is 37.4 Å². The number of benzene rings is 1. The van der Waals surface area contributed by atoms with E-state index in [1.165, 1.54) is 6.20 Å². The molecule has 0 bridgehead atoms. The van der Waals surface area contributed by atoms with Gasteiger partial charge in [0.25, 0.3) is 0 Å². The first kappa shape index (κ1) is 18.4. The van der Waals surface area contributed by atoms with Gasteiger partial charge in [-0.2, -0.15) is 5.10 Å². The Morgan fingerprint density at radius 2 is 1.96 bits per heavy atom. The summed E-state index contributed by atoms with van der Waals surface area (Å²) < 4.78 is 14.3. The highest BCUT2D eigenvalue weighted by atomic mass is 16.5. The van der Waals surface area contributed by atoms with Crippen molar-refractivity contribution in [2.45, 2.75) is 26.4 Å². The van der Waals surface area contributed by atoms with Crippen LogP contribution in [0.2, 0.25) is 0 Å². The minimum absolute atomic E-state index is 0.0578. The molecule has 0 saturated carbocycles. The zero-order chi connectivity index (χ0) is 19.2. The predicted octanol–water partition coefficient (Wildman–Crippen LogP) is 3.28. The number of carbonyl (C=O) groups excluding carboxylic acids is 1. The van der Waals surface area contributed by atoms with Gasteiger partial charge in [-0.25, -0.2) is 4.79 Å². The molecule has 140 valence electrons. The average Bonchev–Trinajstić information content (AvgIpc) is 3.17. The predicted molar refractivity (Wildman–Crippen MR) is 100 cm³/mol. The van der Waals surface area contributed by atoms with Crippen LogP contribution >= 0.6 is 0 Å². The fourth-order valence-corrected chi connectivity index (χ4v) is 2.64. The molecule has 3 rings (SSSR count). The van der Waals surface area contributed by atoms with Crippen molar-refractivity contribution in [3.8, 4) is 11.5 Å². The second-order valence-corrected chi connectivity index (χ2v) is 6.03. The van der Waals surface area contributed by atoms with E-state index in [0.717, 1.165) is 0 Å². The lowest BCUT2D eigenvalue weighted by molar-refractivity contribution is 0.0523. The number of ether oxygens (including phenoxy) is 2. The summed E-state index contributed by atoms with van der Waals surface area (Å²) in [5.41, 5.74) is -0.558. The number of aromatic nitrogens is 3. The molecule has 7 heteroatoms. The summed E-state index contributed by atoms with van der Waals surface area (Å²) in [6.07, 6.45) is 6.66. The van der Waals surface area contributed by atoms with Crippen molar-refractivity contribution >= 4 is 5.97 Å². The van der Waals surface area contributed by atoms with Gasteiger partial charge in [0.2, 0.25) is 5.43 Å². The Kier molecular flexibility index (Phi) is 5.71. The Bertz CT molecular complexity index is 949. The molecule has 0 aliphatic heterocycles. The third-order valence-electron chi connectivity index (χ3n) is 4.00. The maximum Gasteiger partial charge on any atom is 0.343 e. The maximum absolute atomic E-state index is 12.7. The van der Waals surface area contributed by atoms with Crippen LogP contribution in [0.3, 0.4) is 0 Å². The van der Waals surface area contributed by atoms with Crippen LogP contribution in [0.1, 0.15) is 30.2 Å². The van der Waals surface area contributed by atoms with Crippen LogP contribution < -0.4 is 10.2 Å². The van der Waals surface area contributed by atoms with E-state index in [9.17, 15) is 9.59 Å². The van der Waals surface area contributed by atoms with E-state index in [0.29, 0.717) is 12.3 Å². The Balaban J connectivity index is 1.99. The number of hydrogen-bond acceptors (Lipinski definition) is 5. The molecule has 2 aromatic heterocycles. The van der Waals surface area contributed by atoms with Crippen LogP contribution in [0.25, 0.3) is 0 Å². The largest absolute Gasteiger partial charge is 0.462 e. The Morgan fingerprint density at radius 3 is 2.63 bits per heavy atom. The third kappa shape index (κ3) is 4.44. The molecule has 3 aromatic rings. The zero-order valence-corrected chi connectivity index (χ0v) is 15.2. The first-order valence-electron chi connectivity index (χ1n) is 8.71. The van der Waals surface area contributed by atoms with Gasteiger partial charge in [0.05, 0.1) is 25.4 Å². The standard InChI is InChI=1S/C20H21N3O4/c1-3-26-20(25)17-13-22(15(2)12-23-11-7-10-21-23)14-18(19(17)24)27-16-8-5-4-6-9-16/h4-11,13-15H,3,12H2,1-2H3/t15-/m1/s1. The van der Waals surface area contributed by atoms with Gasteiger partial charge in [-0.15, -0.1) is 0 Å². The van der Waals surface area contributed by atoms with Crippen molar-refractivity contribution in [2.75, 3.05) is 6.61 Å². The Labute approximate surface area is 156 Å².